The molecule has 1 fully saturated rings. The first kappa shape index (κ1) is 11.1. The van der Waals surface area contributed by atoms with Crippen molar-refractivity contribution >= 4 is 0 Å². The molecule has 0 bridgehead atoms. The summed E-state index contributed by atoms with van der Waals surface area (Å²) in [6, 6.07) is 7.22. The van der Waals surface area contributed by atoms with Crippen LogP contribution in [0.1, 0.15) is 24.0 Å². The van der Waals surface area contributed by atoms with Crippen molar-refractivity contribution in [2.45, 2.75) is 31.8 Å². The van der Waals surface area contributed by atoms with Gasteiger partial charge in [-0.1, -0.05) is 12.1 Å². The Morgan fingerprint density at radius 3 is 3.29 bits per heavy atom. The first-order chi connectivity index (χ1) is 8.42. The molecule has 2 aliphatic heterocycles. The topological polar surface area (TPSA) is 33.3 Å². The second kappa shape index (κ2) is 5.07. The van der Waals surface area contributed by atoms with Crippen LogP contribution >= 0.6 is 0 Å². The molecule has 0 aromatic heterocycles. The molecule has 3 rings (SSSR count). The van der Waals surface area contributed by atoms with Gasteiger partial charge in [0.05, 0.1) is 6.61 Å². The number of fused-ring (bicyclic) bond motifs is 1. The van der Waals surface area contributed by atoms with E-state index in [4.69, 9.17) is 4.74 Å². The van der Waals surface area contributed by atoms with Gasteiger partial charge in [0, 0.05) is 25.6 Å². The molecule has 92 valence electrons. The van der Waals surface area contributed by atoms with Crippen molar-refractivity contribution in [3.05, 3.63) is 29.3 Å². The Morgan fingerprint density at radius 2 is 2.41 bits per heavy atom. The third-order valence-corrected chi connectivity index (χ3v) is 3.64. The number of hydrogen-bond donors (Lipinski definition) is 2. The van der Waals surface area contributed by atoms with Gasteiger partial charge >= 0.3 is 0 Å². The van der Waals surface area contributed by atoms with E-state index in [-0.39, 0.29) is 0 Å². The predicted molar refractivity (Wildman–Crippen MR) is 68.4 cm³/mol. The minimum Gasteiger partial charge on any atom is -0.493 e. The van der Waals surface area contributed by atoms with E-state index in [1.807, 2.05) is 0 Å². The van der Waals surface area contributed by atoms with Gasteiger partial charge in [-0.25, -0.2) is 0 Å². The van der Waals surface area contributed by atoms with Crippen molar-refractivity contribution in [3.63, 3.8) is 0 Å². The van der Waals surface area contributed by atoms with E-state index in [2.05, 4.69) is 28.8 Å². The van der Waals surface area contributed by atoms with Crippen molar-refractivity contribution < 1.29 is 4.74 Å². The minimum absolute atomic E-state index is 0.674. The van der Waals surface area contributed by atoms with Gasteiger partial charge in [0.2, 0.25) is 0 Å². The summed E-state index contributed by atoms with van der Waals surface area (Å²) in [7, 11) is 0. The van der Waals surface area contributed by atoms with Crippen molar-refractivity contribution in [2.24, 2.45) is 0 Å². The zero-order chi connectivity index (χ0) is 11.5. The molecule has 0 spiro atoms. The van der Waals surface area contributed by atoms with Gasteiger partial charge in [0.1, 0.15) is 5.75 Å². The van der Waals surface area contributed by atoms with Crippen LogP contribution in [0.25, 0.3) is 0 Å². The van der Waals surface area contributed by atoms with Crippen LogP contribution < -0.4 is 15.4 Å². The van der Waals surface area contributed by atoms with E-state index in [0.29, 0.717) is 6.04 Å². The zero-order valence-electron chi connectivity index (χ0n) is 10.2. The molecule has 0 amide bonds. The van der Waals surface area contributed by atoms with Gasteiger partial charge in [0.25, 0.3) is 0 Å². The third kappa shape index (κ3) is 2.61. The average molecular weight is 232 g/mol. The van der Waals surface area contributed by atoms with Crippen LogP contribution in [0.2, 0.25) is 0 Å². The van der Waals surface area contributed by atoms with Crippen molar-refractivity contribution in [1.29, 1.82) is 0 Å². The highest BCUT2D eigenvalue weighted by atomic mass is 16.5. The first-order valence-electron chi connectivity index (χ1n) is 6.60. The lowest BCUT2D eigenvalue weighted by Gasteiger charge is -2.11. The summed E-state index contributed by atoms with van der Waals surface area (Å²) in [5.74, 6) is 1.08. The molecule has 0 aliphatic carbocycles. The van der Waals surface area contributed by atoms with Gasteiger partial charge in [-0.2, -0.15) is 0 Å². The Labute approximate surface area is 103 Å². The summed E-state index contributed by atoms with van der Waals surface area (Å²) in [4.78, 5) is 0. The van der Waals surface area contributed by atoms with E-state index in [1.54, 1.807) is 0 Å². The molecule has 1 atom stereocenters. The van der Waals surface area contributed by atoms with Crippen LogP contribution in [0.15, 0.2) is 18.2 Å². The first-order valence-corrected chi connectivity index (χ1v) is 6.60. The molecule has 2 heterocycles. The number of rotatable bonds is 4. The molecular formula is C14H20N2O. The third-order valence-electron chi connectivity index (χ3n) is 3.64. The van der Waals surface area contributed by atoms with E-state index >= 15 is 0 Å². The van der Waals surface area contributed by atoms with E-state index in [9.17, 15) is 0 Å². The second-order valence-corrected chi connectivity index (χ2v) is 4.96. The van der Waals surface area contributed by atoms with Gasteiger partial charge in [-0.3, -0.25) is 0 Å². The molecule has 2 aliphatic rings. The molecule has 1 aromatic rings. The van der Waals surface area contributed by atoms with Gasteiger partial charge in [-0.05, 0) is 36.6 Å². The van der Waals surface area contributed by atoms with Gasteiger partial charge < -0.3 is 15.4 Å². The van der Waals surface area contributed by atoms with Crippen LogP contribution in [0.5, 0.6) is 5.75 Å². The summed E-state index contributed by atoms with van der Waals surface area (Å²) >= 11 is 0. The molecule has 3 nitrogen and oxygen atoms in total. The number of hydrogen-bond acceptors (Lipinski definition) is 3. The quantitative estimate of drug-likeness (QED) is 0.824. The Bertz CT molecular complexity index is 386. The van der Waals surface area contributed by atoms with Crippen molar-refractivity contribution in [1.82, 2.24) is 10.6 Å². The lowest BCUT2D eigenvalue weighted by molar-refractivity contribution is 0.357. The van der Waals surface area contributed by atoms with E-state index in [1.165, 1.54) is 30.5 Å². The molecule has 0 saturated carbocycles. The number of ether oxygens (including phenoxy) is 1. The second-order valence-electron chi connectivity index (χ2n) is 4.96. The fourth-order valence-corrected chi connectivity index (χ4v) is 2.67. The maximum absolute atomic E-state index is 5.51. The predicted octanol–water partition coefficient (Wildman–Crippen LogP) is 1.46. The highest BCUT2D eigenvalue weighted by Gasteiger charge is 2.14. The fourth-order valence-electron chi connectivity index (χ4n) is 2.67. The van der Waals surface area contributed by atoms with Gasteiger partial charge in [-0.15, -0.1) is 0 Å². The Kier molecular flexibility index (Phi) is 3.29. The average Bonchev–Trinajstić information content (AvgIpc) is 2.98. The summed E-state index contributed by atoms with van der Waals surface area (Å²) in [5.41, 5.74) is 2.73. The molecular weight excluding hydrogens is 212 g/mol. The summed E-state index contributed by atoms with van der Waals surface area (Å²) < 4.78 is 5.51. The molecule has 2 N–H and O–H groups in total. The molecule has 17 heavy (non-hydrogen) atoms. The van der Waals surface area contributed by atoms with E-state index in [0.717, 1.165) is 31.9 Å². The SMILES string of the molecule is c1cc2c(cc1CNCC1CCCN1)CCO2. The standard InChI is InChI=1S/C14H20N2O/c1-2-13(16-6-1)10-15-9-11-3-4-14-12(8-11)5-7-17-14/h3-4,8,13,15-16H,1-2,5-7,9-10H2. The zero-order valence-corrected chi connectivity index (χ0v) is 10.2. The maximum atomic E-state index is 5.51. The molecule has 1 unspecified atom stereocenters. The van der Waals surface area contributed by atoms with Crippen LogP contribution in [0, 0.1) is 0 Å². The van der Waals surface area contributed by atoms with Crippen LogP contribution in [-0.2, 0) is 13.0 Å². The largest absolute Gasteiger partial charge is 0.493 e. The smallest absolute Gasteiger partial charge is 0.122 e. The highest BCUT2D eigenvalue weighted by Crippen LogP contribution is 2.25. The number of benzene rings is 1. The van der Waals surface area contributed by atoms with Crippen molar-refractivity contribution in [3.8, 4) is 5.75 Å². The fraction of sp³-hybridized carbons (Fsp3) is 0.571. The van der Waals surface area contributed by atoms with Gasteiger partial charge in [0.15, 0.2) is 0 Å². The Hall–Kier alpha value is -1.06. The van der Waals surface area contributed by atoms with E-state index < -0.39 is 0 Å². The summed E-state index contributed by atoms with van der Waals surface area (Å²) in [6.45, 7) is 4.07. The minimum atomic E-state index is 0.674. The molecule has 0 radical (unpaired) electrons. The summed E-state index contributed by atoms with van der Waals surface area (Å²) in [6.07, 6.45) is 3.70. The summed E-state index contributed by atoms with van der Waals surface area (Å²) in [5, 5.41) is 7.03. The lowest BCUT2D eigenvalue weighted by atomic mass is 10.1. The van der Waals surface area contributed by atoms with Crippen LogP contribution in [0.3, 0.4) is 0 Å². The number of nitrogens with one attached hydrogen (secondary N) is 2. The van der Waals surface area contributed by atoms with Crippen LogP contribution in [-0.4, -0.2) is 25.7 Å². The highest BCUT2D eigenvalue weighted by molar-refractivity contribution is 5.39. The van der Waals surface area contributed by atoms with Crippen molar-refractivity contribution in [2.75, 3.05) is 19.7 Å². The molecule has 1 aromatic carbocycles. The Balaban J connectivity index is 1.51. The molecule has 3 heteroatoms. The molecule has 1 saturated heterocycles. The lowest BCUT2D eigenvalue weighted by Crippen LogP contribution is -2.33. The van der Waals surface area contributed by atoms with Crippen LogP contribution in [0.4, 0.5) is 0 Å². The normalized spacial score (nSPS) is 22.5. The maximum Gasteiger partial charge on any atom is 0.122 e. The Morgan fingerprint density at radius 1 is 1.41 bits per heavy atom. The monoisotopic (exact) mass is 232 g/mol.